The van der Waals surface area contributed by atoms with Crippen LogP contribution in [0.5, 0.6) is 5.75 Å². The van der Waals surface area contributed by atoms with Crippen LogP contribution in [0.4, 0.5) is 0 Å². The molecule has 1 amide bonds. The van der Waals surface area contributed by atoms with Crippen molar-refractivity contribution in [2.24, 2.45) is 5.92 Å². The van der Waals surface area contributed by atoms with Crippen molar-refractivity contribution in [1.29, 1.82) is 0 Å². The number of aromatic nitrogens is 3. The van der Waals surface area contributed by atoms with E-state index in [4.69, 9.17) is 16.3 Å². The smallest absolute Gasteiger partial charge is 0.230 e. The third-order valence-electron chi connectivity index (χ3n) is 4.81. The minimum Gasteiger partial charge on any atom is -0.486 e. The molecule has 146 valence electrons. The summed E-state index contributed by atoms with van der Waals surface area (Å²) in [5.41, 5.74) is 0.960. The largest absolute Gasteiger partial charge is 0.486 e. The Labute approximate surface area is 168 Å². The first-order valence-corrected chi connectivity index (χ1v) is 10.6. The van der Waals surface area contributed by atoms with E-state index in [-0.39, 0.29) is 12.5 Å². The molecule has 2 atom stereocenters. The van der Waals surface area contributed by atoms with Crippen LogP contribution in [0.1, 0.15) is 44.0 Å². The van der Waals surface area contributed by atoms with Crippen molar-refractivity contribution in [2.45, 2.75) is 57.3 Å². The number of nitrogens with one attached hydrogen (secondary N) is 2. The predicted octanol–water partition coefficient (Wildman–Crippen LogP) is 4.13. The highest BCUT2D eigenvalue weighted by molar-refractivity contribution is 7.99. The van der Waals surface area contributed by atoms with E-state index in [1.54, 1.807) is 6.07 Å². The van der Waals surface area contributed by atoms with Gasteiger partial charge in [-0.25, -0.2) is 4.98 Å². The van der Waals surface area contributed by atoms with Crippen LogP contribution in [0.2, 0.25) is 5.02 Å². The number of hydrogen-bond acceptors (Lipinski definition) is 5. The number of nitrogens with zero attached hydrogens (tertiary/aromatic N) is 2. The van der Waals surface area contributed by atoms with Crippen LogP contribution in [0.25, 0.3) is 0 Å². The lowest BCUT2D eigenvalue weighted by atomic mass is 9.86. The zero-order valence-corrected chi connectivity index (χ0v) is 17.2. The molecule has 0 unspecified atom stereocenters. The molecule has 1 aromatic heterocycles. The van der Waals surface area contributed by atoms with Crippen molar-refractivity contribution in [3.8, 4) is 5.75 Å². The molecule has 3 rings (SSSR count). The lowest BCUT2D eigenvalue weighted by Gasteiger charge is -2.29. The Morgan fingerprint density at radius 1 is 1.41 bits per heavy atom. The van der Waals surface area contributed by atoms with Crippen molar-refractivity contribution in [3.63, 3.8) is 0 Å². The van der Waals surface area contributed by atoms with E-state index in [1.165, 1.54) is 31.0 Å². The summed E-state index contributed by atoms with van der Waals surface area (Å²) in [6.45, 7) is 4.42. The normalized spacial score (nSPS) is 19.7. The summed E-state index contributed by atoms with van der Waals surface area (Å²) in [5, 5.41) is 11.4. The maximum absolute atomic E-state index is 12.2. The minimum absolute atomic E-state index is 0.0398. The highest BCUT2D eigenvalue weighted by Gasteiger charge is 2.22. The van der Waals surface area contributed by atoms with Gasteiger partial charge in [0.2, 0.25) is 11.1 Å². The summed E-state index contributed by atoms with van der Waals surface area (Å²) in [6, 6.07) is 5.80. The monoisotopic (exact) mass is 408 g/mol. The van der Waals surface area contributed by atoms with Gasteiger partial charge >= 0.3 is 0 Å². The Hall–Kier alpha value is -1.73. The Bertz CT molecular complexity index is 783. The first-order chi connectivity index (χ1) is 13.0. The minimum atomic E-state index is 0.0398. The maximum atomic E-state index is 12.2. The number of carbonyl (C=O) groups excluding carboxylic acids is 1. The van der Waals surface area contributed by atoms with Crippen molar-refractivity contribution in [1.82, 2.24) is 20.5 Å². The second-order valence-electron chi connectivity index (χ2n) is 6.99. The van der Waals surface area contributed by atoms with Crippen LogP contribution in [-0.4, -0.2) is 32.9 Å². The van der Waals surface area contributed by atoms with Crippen LogP contribution in [0.15, 0.2) is 23.4 Å². The average Bonchev–Trinajstić information content (AvgIpc) is 3.11. The number of amides is 1. The number of aryl methyl sites for hydroxylation is 1. The van der Waals surface area contributed by atoms with Crippen molar-refractivity contribution in [3.05, 3.63) is 34.6 Å². The van der Waals surface area contributed by atoms with Crippen molar-refractivity contribution >= 4 is 29.3 Å². The fourth-order valence-electron chi connectivity index (χ4n) is 3.17. The fourth-order valence-corrected chi connectivity index (χ4v) is 3.92. The number of H-pyrrole nitrogens is 1. The molecule has 27 heavy (non-hydrogen) atoms. The SMILES string of the molecule is Cc1cc(OCc2nc(SCC(=O)N[C@@H]3CCCC[C@H]3C)n[nH]2)ccc1Cl. The van der Waals surface area contributed by atoms with E-state index in [0.717, 1.165) is 17.7 Å². The number of thioether (sulfide) groups is 1. The van der Waals surface area contributed by atoms with Gasteiger partial charge in [-0.15, -0.1) is 5.10 Å². The maximum Gasteiger partial charge on any atom is 0.230 e. The molecule has 1 fully saturated rings. The van der Waals surface area contributed by atoms with E-state index < -0.39 is 0 Å². The summed E-state index contributed by atoms with van der Waals surface area (Å²) in [7, 11) is 0. The third kappa shape index (κ3) is 5.87. The lowest BCUT2D eigenvalue weighted by Crippen LogP contribution is -2.41. The van der Waals surface area contributed by atoms with E-state index in [2.05, 4.69) is 27.4 Å². The number of halogens is 1. The number of rotatable bonds is 7. The molecular formula is C19H25ClN4O2S. The predicted molar refractivity (Wildman–Crippen MR) is 107 cm³/mol. The Kier molecular flexibility index (Phi) is 7.01. The summed E-state index contributed by atoms with van der Waals surface area (Å²) in [6.07, 6.45) is 4.72. The molecule has 6 nitrogen and oxygen atoms in total. The zero-order chi connectivity index (χ0) is 19.2. The van der Waals surface area contributed by atoms with Gasteiger partial charge in [0, 0.05) is 11.1 Å². The molecule has 8 heteroatoms. The molecule has 1 aliphatic carbocycles. The molecule has 0 spiro atoms. The summed E-state index contributed by atoms with van der Waals surface area (Å²) >= 11 is 7.34. The van der Waals surface area contributed by atoms with Gasteiger partial charge < -0.3 is 10.1 Å². The Morgan fingerprint density at radius 2 is 2.22 bits per heavy atom. The Morgan fingerprint density at radius 3 is 3.00 bits per heavy atom. The van der Waals surface area contributed by atoms with Gasteiger partial charge in [0.1, 0.15) is 12.4 Å². The first-order valence-electron chi connectivity index (χ1n) is 9.23. The molecule has 1 heterocycles. The molecule has 1 aromatic carbocycles. The van der Waals surface area contributed by atoms with Gasteiger partial charge in [-0.1, -0.05) is 43.1 Å². The molecule has 0 radical (unpaired) electrons. The zero-order valence-electron chi connectivity index (χ0n) is 15.6. The van der Waals surface area contributed by atoms with Gasteiger partial charge in [-0.05, 0) is 49.4 Å². The molecule has 1 aliphatic rings. The number of hydrogen-bond donors (Lipinski definition) is 2. The number of ether oxygens (including phenoxy) is 1. The number of aromatic amines is 1. The molecule has 0 aliphatic heterocycles. The topological polar surface area (TPSA) is 79.9 Å². The van der Waals surface area contributed by atoms with Crippen molar-refractivity contribution in [2.75, 3.05) is 5.75 Å². The standard InChI is InChI=1S/C19H25ClN4O2S/c1-12-5-3-4-6-16(12)21-18(25)11-27-19-22-17(23-24-19)10-26-14-7-8-15(20)13(2)9-14/h7-9,12,16H,3-6,10-11H2,1-2H3,(H,21,25)(H,22,23,24)/t12-,16-/m1/s1. The molecular weight excluding hydrogens is 384 g/mol. The highest BCUT2D eigenvalue weighted by Crippen LogP contribution is 2.24. The molecule has 0 bridgehead atoms. The van der Waals surface area contributed by atoms with E-state index in [1.807, 2.05) is 19.1 Å². The van der Waals surface area contributed by atoms with E-state index in [9.17, 15) is 4.79 Å². The quantitative estimate of drug-likeness (QED) is 0.673. The van der Waals surface area contributed by atoms with Crippen LogP contribution in [0, 0.1) is 12.8 Å². The molecule has 2 N–H and O–H groups in total. The molecule has 2 aromatic rings. The van der Waals surface area contributed by atoms with Gasteiger partial charge in [-0.2, -0.15) is 0 Å². The summed E-state index contributed by atoms with van der Waals surface area (Å²) < 4.78 is 5.70. The summed E-state index contributed by atoms with van der Waals surface area (Å²) in [4.78, 5) is 16.5. The van der Waals surface area contributed by atoms with Gasteiger partial charge in [0.15, 0.2) is 5.82 Å². The van der Waals surface area contributed by atoms with Gasteiger partial charge in [0.05, 0.1) is 5.75 Å². The van der Waals surface area contributed by atoms with Gasteiger partial charge in [0.25, 0.3) is 0 Å². The van der Waals surface area contributed by atoms with Crippen molar-refractivity contribution < 1.29 is 9.53 Å². The second kappa shape index (κ2) is 9.46. The number of carbonyl (C=O) groups is 1. The number of benzene rings is 1. The summed E-state index contributed by atoms with van der Waals surface area (Å²) in [5.74, 6) is 2.25. The van der Waals surface area contributed by atoms with Crippen LogP contribution in [0.3, 0.4) is 0 Å². The fraction of sp³-hybridized carbons (Fsp3) is 0.526. The lowest BCUT2D eigenvalue weighted by molar-refractivity contribution is -0.119. The highest BCUT2D eigenvalue weighted by atomic mass is 35.5. The average molecular weight is 409 g/mol. The molecule has 1 saturated carbocycles. The van der Waals surface area contributed by atoms with Crippen LogP contribution >= 0.6 is 23.4 Å². The van der Waals surface area contributed by atoms with Crippen LogP contribution < -0.4 is 10.1 Å². The first kappa shape index (κ1) is 20.0. The van der Waals surface area contributed by atoms with E-state index in [0.29, 0.717) is 33.7 Å². The second-order valence-corrected chi connectivity index (χ2v) is 8.34. The van der Waals surface area contributed by atoms with Gasteiger partial charge in [-0.3, -0.25) is 9.89 Å². The Balaban J connectivity index is 1.43. The van der Waals surface area contributed by atoms with E-state index >= 15 is 0 Å². The third-order valence-corrected chi connectivity index (χ3v) is 6.08. The van der Waals surface area contributed by atoms with Crippen LogP contribution in [-0.2, 0) is 11.4 Å². The molecule has 0 saturated heterocycles.